The Kier molecular flexibility index (Phi) is 8.07. The predicted molar refractivity (Wildman–Crippen MR) is 166 cm³/mol. The van der Waals surface area contributed by atoms with Crippen LogP contribution in [-0.4, -0.2) is 60.5 Å². The molecule has 2 fully saturated rings. The molecule has 1 saturated carbocycles. The lowest BCUT2D eigenvalue weighted by atomic mass is 9.95. The van der Waals surface area contributed by atoms with Crippen molar-refractivity contribution in [3.8, 4) is 5.69 Å². The zero-order valence-electron chi connectivity index (χ0n) is 23.3. The molecular formula is C32H37N5O3S. The first-order valence-electron chi connectivity index (χ1n) is 14.6. The van der Waals surface area contributed by atoms with Crippen LogP contribution in [0.2, 0.25) is 0 Å². The maximum absolute atomic E-state index is 13.7. The molecule has 41 heavy (non-hydrogen) atoms. The predicted octanol–water partition coefficient (Wildman–Crippen LogP) is 4.82. The molecule has 0 atom stereocenters. The van der Waals surface area contributed by atoms with Crippen LogP contribution in [-0.2, 0) is 16.4 Å². The van der Waals surface area contributed by atoms with Gasteiger partial charge in [-0.3, -0.25) is 4.79 Å². The Labute approximate surface area is 241 Å². The van der Waals surface area contributed by atoms with Crippen LogP contribution in [0.4, 0.5) is 11.4 Å². The van der Waals surface area contributed by atoms with Crippen molar-refractivity contribution in [3.05, 3.63) is 94.9 Å². The smallest absolute Gasteiger partial charge is 0.296 e. The van der Waals surface area contributed by atoms with Gasteiger partial charge in [-0.25, -0.2) is 8.42 Å². The van der Waals surface area contributed by atoms with Crippen LogP contribution in [0.15, 0.2) is 83.8 Å². The van der Waals surface area contributed by atoms with Crippen LogP contribution >= 0.6 is 0 Å². The zero-order chi connectivity index (χ0) is 28.2. The Hall–Kier alpha value is -3.69. The molecule has 6 rings (SSSR count). The van der Waals surface area contributed by atoms with Crippen LogP contribution in [0.3, 0.4) is 0 Å². The van der Waals surface area contributed by atoms with Gasteiger partial charge in [0.15, 0.2) is 0 Å². The Morgan fingerprint density at radius 2 is 1.54 bits per heavy atom. The van der Waals surface area contributed by atoms with Crippen molar-refractivity contribution in [1.82, 2.24) is 14.1 Å². The molecule has 0 amide bonds. The molecule has 8 nitrogen and oxygen atoms in total. The minimum atomic E-state index is -3.43. The molecule has 1 saturated heterocycles. The van der Waals surface area contributed by atoms with E-state index in [0.29, 0.717) is 38.3 Å². The minimum Gasteiger partial charge on any atom is -0.376 e. The SMILES string of the molecule is O=c1c(NC2CCCCC2)c(N2CCN(S(=O)(=O)CCc3cccc4ccccc34)CC2)cnn1-c1ccccc1. The van der Waals surface area contributed by atoms with Gasteiger partial charge in [-0.05, 0) is 47.7 Å². The summed E-state index contributed by atoms with van der Waals surface area (Å²) in [5, 5.41) is 10.3. The highest BCUT2D eigenvalue weighted by molar-refractivity contribution is 7.89. The second-order valence-corrected chi connectivity index (χ2v) is 13.1. The third-order valence-electron chi connectivity index (χ3n) is 8.39. The molecule has 9 heteroatoms. The first-order valence-corrected chi connectivity index (χ1v) is 16.2. The largest absolute Gasteiger partial charge is 0.376 e. The van der Waals surface area contributed by atoms with Crippen LogP contribution in [0, 0.1) is 0 Å². The number of nitrogens with zero attached hydrogens (tertiary/aromatic N) is 4. The van der Waals surface area contributed by atoms with Crippen molar-refractivity contribution >= 4 is 32.2 Å². The Morgan fingerprint density at radius 3 is 2.32 bits per heavy atom. The molecule has 1 aromatic heterocycles. The highest BCUT2D eigenvalue weighted by atomic mass is 32.2. The summed E-state index contributed by atoms with van der Waals surface area (Å²) >= 11 is 0. The molecular weight excluding hydrogens is 534 g/mol. The lowest BCUT2D eigenvalue weighted by Gasteiger charge is -2.36. The van der Waals surface area contributed by atoms with Gasteiger partial charge in [0.05, 0.1) is 23.3 Å². The maximum atomic E-state index is 13.7. The molecule has 1 aliphatic carbocycles. The van der Waals surface area contributed by atoms with Gasteiger partial charge >= 0.3 is 0 Å². The van der Waals surface area contributed by atoms with Gasteiger partial charge in [-0.1, -0.05) is 79.9 Å². The number of sulfonamides is 1. The number of aromatic nitrogens is 2. The average molecular weight is 572 g/mol. The summed E-state index contributed by atoms with van der Waals surface area (Å²) < 4.78 is 29.8. The third-order valence-corrected chi connectivity index (χ3v) is 10.3. The Morgan fingerprint density at radius 1 is 0.829 bits per heavy atom. The van der Waals surface area contributed by atoms with Gasteiger partial charge < -0.3 is 10.2 Å². The molecule has 2 heterocycles. The molecule has 0 unspecified atom stereocenters. The van der Waals surface area contributed by atoms with Gasteiger partial charge in [0.2, 0.25) is 10.0 Å². The number of hydrogen-bond acceptors (Lipinski definition) is 6. The van der Waals surface area contributed by atoms with E-state index in [1.807, 2.05) is 54.6 Å². The van der Waals surface area contributed by atoms with Gasteiger partial charge in [0.25, 0.3) is 5.56 Å². The number of nitrogens with one attached hydrogen (secondary N) is 1. The van der Waals surface area contributed by atoms with Crippen LogP contribution < -0.4 is 15.8 Å². The van der Waals surface area contributed by atoms with Crippen molar-refractivity contribution in [3.63, 3.8) is 0 Å². The lowest BCUT2D eigenvalue weighted by molar-refractivity contribution is 0.384. The van der Waals surface area contributed by atoms with Crippen molar-refractivity contribution in [2.45, 2.75) is 44.6 Å². The third kappa shape index (κ3) is 6.01. The Balaban J connectivity index is 1.18. The average Bonchev–Trinajstić information content (AvgIpc) is 3.02. The van der Waals surface area contributed by atoms with Crippen molar-refractivity contribution in [2.75, 3.05) is 42.1 Å². The quantitative estimate of drug-likeness (QED) is 0.326. The van der Waals surface area contributed by atoms with Crippen LogP contribution in [0.1, 0.15) is 37.7 Å². The molecule has 4 aromatic rings. The number of aryl methyl sites for hydroxylation is 1. The van der Waals surface area contributed by atoms with Gasteiger partial charge in [0.1, 0.15) is 5.69 Å². The van der Waals surface area contributed by atoms with E-state index in [1.165, 1.54) is 11.1 Å². The van der Waals surface area contributed by atoms with Crippen molar-refractivity contribution in [1.29, 1.82) is 0 Å². The molecule has 2 aliphatic rings. The number of fused-ring (bicyclic) bond motifs is 1. The van der Waals surface area contributed by atoms with Crippen molar-refractivity contribution in [2.24, 2.45) is 0 Å². The summed E-state index contributed by atoms with van der Waals surface area (Å²) in [4.78, 5) is 15.9. The maximum Gasteiger partial charge on any atom is 0.296 e. The second kappa shape index (κ2) is 12.0. The highest BCUT2D eigenvalue weighted by Gasteiger charge is 2.29. The summed E-state index contributed by atoms with van der Waals surface area (Å²) in [6, 6.07) is 23.8. The topological polar surface area (TPSA) is 87.5 Å². The van der Waals surface area contributed by atoms with Crippen LogP contribution in [0.5, 0.6) is 0 Å². The van der Waals surface area contributed by atoms with Crippen molar-refractivity contribution < 1.29 is 8.42 Å². The molecule has 1 N–H and O–H groups in total. The number of anilines is 2. The highest BCUT2D eigenvalue weighted by Crippen LogP contribution is 2.28. The Bertz CT molecular complexity index is 1650. The monoisotopic (exact) mass is 571 g/mol. The summed E-state index contributed by atoms with van der Waals surface area (Å²) in [5.41, 5.74) is 2.90. The fourth-order valence-electron chi connectivity index (χ4n) is 6.11. The molecule has 1 aliphatic heterocycles. The van der Waals surface area contributed by atoms with Gasteiger partial charge in [-0.15, -0.1) is 0 Å². The first kappa shape index (κ1) is 27.5. The lowest BCUT2D eigenvalue weighted by Crippen LogP contribution is -2.50. The molecule has 0 spiro atoms. The normalized spacial score (nSPS) is 17.1. The number of para-hydroxylation sites is 1. The molecule has 214 valence electrons. The van der Waals surface area contributed by atoms with E-state index in [0.717, 1.165) is 53.4 Å². The fraction of sp³-hybridized carbons (Fsp3) is 0.375. The van der Waals surface area contributed by atoms with E-state index in [-0.39, 0.29) is 17.4 Å². The zero-order valence-corrected chi connectivity index (χ0v) is 24.1. The van der Waals surface area contributed by atoms with Crippen LogP contribution in [0.25, 0.3) is 16.5 Å². The number of piperazine rings is 1. The van der Waals surface area contributed by atoms with E-state index < -0.39 is 10.0 Å². The summed E-state index contributed by atoms with van der Waals surface area (Å²) in [5.74, 6) is 0.0736. The first-order chi connectivity index (χ1) is 20.0. The summed E-state index contributed by atoms with van der Waals surface area (Å²) in [6.45, 7) is 1.76. The standard InChI is InChI=1S/C32H37N5O3S/c38-32-31(34-27-13-3-1-4-14-27)30(24-33-37(32)28-15-5-2-6-16-28)35-19-21-36(22-20-35)41(39,40)23-18-26-12-9-11-25-10-7-8-17-29(25)26/h2,5-12,15-17,24,27,34H,1,3-4,13-14,18-23H2. The number of benzene rings is 3. The summed E-state index contributed by atoms with van der Waals surface area (Å²) in [6.07, 6.45) is 7.84. The summed E-state index contributed by atoms with van der Waals surface area (Å²) in [7, 11) is -3.43. The number of hydrogen-bond donors (Lipinski definition) is 1. The molecule has 0 bridgehead atoms. The fourth-order valence-corrected chi connectivity index (χ4v) is 7.57. The van der Waals surface area contributed by atoms with E-state index in [2.05, 4.69) is 33.5 Å². The molecule has 3 aromatic carbocycles. The molecule has 0 radical (unpaired) electrons. The van der Waals surface area contributed by atoms with E-state index in [9.17, 15) is 13.2 Å². The van der Waals surface area contributed by atoms with Gasteiger partial charge in [0, 0.05) is 32.2 Å². The van der Waals surface area contributed by atoms with E-state index >= 15 is 0 Å². The number of rotatable bonds is 8. The van der Waals surface area contributed by atoms with E-state index in [4.69, 9.17) is 0 Å². The second-order valence-electron chi connectivity index (χ2n) is 11.0. The van der Waals surface area contributed by atoms with Gasteiger partial charge in [-0.2, -0.15) is 14.1 Å². The minimum absolute atomic E-state index is 0.0736. The van der Waals surface area contributed by atoms with E-state index in [1.54, 1.807) is 10.5 Å².